The van der Waals surface area contributed by atoms with Crippen molar-refractivity contribution in [2.24, 2.45) is 0 Å². The van der Waals surface area contributed by atoms with Crippen LogP contribution >= 0.6 is 0 Å². The van der Waals surface area contributed by atoms with Crippen LogP contribution in [-0.2, 0) is 0 Å². The fourth-order valence-corrected chi connectivity index (χ4v) is 3.45. The van der Waals surface area contributed by atoms with Gasteiger partial charge < -0.3 is 0 Å². The van der Waals surface area contributed by atoms with Crippen LogP contribution in [0.25, 0.3) is 44.1 Å². The van der Waals surface area contributed by atoms with Crippen molar-refractivity contribution in [3.8, 4) is 22.4 Å². The van der Waals surface area contributed by atoms with Crippen LogP contribution in [0.3, 0.4) is 0 Å². The average Bonchev–Trinajstić information content (AvgIpc) is 2.82. The van der Waals surface area contributed by atoms with Gasteiger partial charge in [0.15, 0.2) is 0 Å². The minimum atomic E-state index is 1.08. The molecule has 1 heterocycles. The molecule has 3 aromatic carbocycles. The van der Waals surface area contributed by atoms with Crippen LogP contribution in [0.5, 0.6) is 0 Å². The first kappa shape index (κ1) is 11.0. The van der Waals surface area contributed by atoms with E-state index in [4.69, 9.17) is 4.98 Å². The molecule has 1 aliphatic rings. The maximum absolute atomic E-state index is 4.96. The Morgan fingerprint density at radius 2 is 1.52 bits per heavy atom. The van der Waals surface area contributed by atoms with Gasteiger partial charge in [0.2, 0.25) is 0 Å². The van der Waals surface area contributed by atoms with E-state index in [9.17, 15) is 0 Å². The minimum absolute atomic E-state index is 1.08. The Bertz CT molecular complexity index is 1040. The summed E-state index contributed by atoms with van der Waals surface area (Å²) in [4.78, 5) is 4.96. The Kier molecular flexibility index (Phi) is 1.95. The third kappa shape index (κ3) is 1.38. The van der Waals surface area contributed by atoms with Gasteiger partial charge in [-0.3, -0.25) is 0 Å². The molecule has 0 amide bonds. The summed E-state index contributed by atoms with van der Waals surface area (Å²) < 4.78 is 0. The van der Waals surface area contributed by atoms with Crippen molar-refractivity contribution in [3.63, 3.8) is 0 Å². The van der Waals surface area contributed by atoms with Crippen LogP contribution < -0.4 is 0 Å². The second-order valence-corrected chi connectivity index (χ2v) is 5.79. The van der Waals surface area contributed by atoms with Crippen LogP contribution in [0.15, 0.2) is 60.7 Å². The van der Waals surface area contributed by atoms with Gasteiger partial charge in [-0.25, -0.2) is 4.98 Å². The van der Waals surface area contributed by atoms with Crippen LogP contribution in [0, 0.1) is 6.92 Å². The van der Waals surface area contributed by atoms with Gasteiger partial charge in [0.25, 0.3) is 0 Å². The van der Waals surface area contributed by atoms with Gasteiger partial charge in [-0.2, -0.15) is 0 Å². The molecule has 0 spiro atoms. The molecule has 1 aliphatic carbocycles. The summed E-state index contributed by atoms with van der Waals surface area (Å²) in [7, 11) is 0. The maximum atomic E-state index is 4.96. The van der Waals surface area contributed by atoms with E-state index in [0.717, 1.165) is 11.2 Å². The molecular weight excluding hydrogens is 254 g/mol. The summed E-state index contributed by atoms with van der Waals surface area (Å²) in [6, 6.07) is 21.8. The highest BCUT2D eigenvalue weighted by Crippen LogP contribution is 2.46. The number of hydrogen-bond donors (Lipinski definition) is 0. The molecule has 98 valence electrons. The number of nitrogens with zero attached hydrogens (tertiary/aromatic N) is 1. The van der Waals surface area contributed by atoms with Crippen molar-refractivity contribution < 1.29 is 0 Å². The quantitative estimate of drug-likeness (QED) is 0.369. The Balaban J connectivity index is 1.98. The van der Waals surface area contributed by atoms with Crippen molar-refractivity contribution in [3.05, 3.63) is 66.2 Å². The summed E-state index contributed by atoms with van der Waals surface area (Å²) >= 11 is 0. The van der Waals surface area contributed by atoms with Crippen LogP contribution in [-0.4, -0.2) is 4.98 Å². The lowest BCUT2D eigenvalue weighted by Gasteiger charge is -2.05. The molecule has 1 nitrogen and oxygen atoms in total. The van der Waals surface area contributed by atoms with E-state index in [1.54, 1.807) is 0 Å². The lowest BCUT2D eigenvalue weighted by Crippen LogP contribution is -1.86. The number of aryl methyl sites for hydroxylation is 1. The third-order valence-electron chi connectivity index (χ3n) is 4.42. The third-order valence-corrected chi connectivity index (χ3v) is 4.42. The molecule has 0 N–H and O–H groups in total. The van der Waals surface area contributed by atoms with Crippen molar-refractivity contribution >= 4 is 21.7 Å². The Morgan fingerprint density at radius 3 is 2.38 bits per heavy atom. The summed E-state index contributed by atoms with van der Waals surface area (Å²) in [6.07, 6.45) is 0. The molecule has 0 atom stereocenters. The van der Waals surface area contributed by atoms with E-state index in [1.165, 1.54) is 38.4 Å². The van der Waals surface area contributed by atoms with Gasteiger partial charge in [-0.05, 0) is 41.0 Å². The molecule has 0 fully saturated rings. The van der Waals surface area contributed by atoms with Crippen molar-refractivity contribution in [2.75, 3.05) is 0 Å². The molecule has 0 saturated heterocycles. The van der Waals surface area contributed by atoms with Gasteiger partial charge in [-0.1, -0.05) is 48.5 Å². The fourth-order valence-electron chi connectivity index (χ4n) is 3.45. The molecule has 0 unspecified atom stereocenters. The monoisotopic (exact) mass is 267 g/mol. The minimum Gasteiger partial charge on any atom is -0.247 e. The van der Waals surface area contributed by atoms with Crippen LogP contribution in [0.1, 0.15) is 5.56 Å². The standard InChI is InChI=1S/C20H13N/c1-12-8-9-14-11-17-15-6-2-4-13-5-3-7-16(19(13)15)20(17)21-18(14)10-12/h2-11H,1H3. The molecule has 21 heavy (non-hydrogen) atoms. The zero-order valence-electron chi connectivity index (χ0n) is 11.7. The highest BCUT2D eigenvalue weighted by atomic mass is 14.7. The zero-order chi connectivity index (χ0) is 14.0. The second kappa shape index (κ2) is 3.70. The SMILES string of the molecule is Cc1ccc2cc3c(nc2c1)-c1cccc2cccc-3c12. The Labute approximate surface area is 122 Å². The molecule has 1 aromatic heterocycles. The number of hydrogen-bond acceptors (Lipinski definition) is 1. The Hall–Kier alpha value is -2.67. The summed E-state index contributed by atoms with van der Waals surface area (Å²) in [5.74, 6) is 0. The van der Waals surface area contributed by atoms with Gasteiger partial charge in [-0.15, -0.1) is 0 Å². The van der Waals surface area contributed by atoms with Crippen LogP contribution in [0.4, 0.5) is 0 Å². The predicted octanol–water partition coefficient (Wildman–Crippen LogP) is 5.34. The average molecular weight is 267 g/mol. The largest absolute Gasteiger partial charge is 0.247 e. The highest BCUT2D eigenvalue weighted by molar-refractivity contribution is 6.15. The first-order valence-corrected chi connectivity index (χ1v) is 7.25. The lowest BCUT2D eigenvalue weighted by atomic mass is 10.0. The summed E-state index contributed by atoms with van der Waals surface area (Å²) in [6.45, 7) is 2.11. The van der Waals surface area contributed by atoms with Crippen molar-refractivity contribution in [2.45, 2.75) is 6.92 Å². The first-order chi connectivity index (χ1) is 10.3. The van der Waals surface area contributed by atoms with E-state index < -0.39 is 0 Å². The molecule has 0 bridgehead atoms. The topological polar surface area (TPSA) is 12.9 Å². The molecule has 1 heteroatoms. The molecule has 5 rings (SSSR count). The zero-order valence-corrected chi connectivity index (χ0v) is 11.7. The summed E-state index contributed by atoms with van der Waals surface area (Å²) in [5, 5.41) is 3.85. The number of rotatable bonds is 0. The number of fused-ring (bicyclic) bond motifs is 4. The molecule has 0 aliphatic heterocycles. The smallest absolute Gasteiger partial charge is 0.0794 e. The lowest BCUT2D eigenvalue weighted by molar-refractivity contribution is 1.40. The van der Waals surface area contributed by atoms with E-state index in [-0.39, 0.29) is 0 Å². The van der Waals surface area contributed by atoms with E-state index >= 15 is 0 Å². The normalized spacial score (nSPS) is 12.0. The Morgan fingerprint density at radius 1 is 0.714 bits per heavy atom. The van der Waals surface area contributed by atoms with E-state index in [1.807, 2.05) is 0 Å². The molecule has 4 aromatic rings. The predicted molar refractivity (Wildman–Crippen MR) is 88.4 cm³/mol. The number of benzene rings is 3. The van der Waals surface area contributed by atoms with Crippen molar-refractivity contribution in [1.82, 2.24) is 4.98 Å². The molecular formula is C20H13N. The highest BCUT2D eigenvalue weighted by Gasteiger charge is 2.22. The molecule has 0 saturated carbocycles. The van der Waals surface area contributed by atoms with Gasteiger partial charge in [0, 0.05) is 16.5 Å². The van der Waals surface area contributed by atoms with Gasteiger partial charge in [0.05, 0.1) is 11.2 Å². The maximum Gasteiger partial charge on any atom is 0.0794 e. The number of pyridine rings is 1. The van der Waals surface area contributed by atoms with Gasteiger partial charge >= 0.3 is 0 Å². The number of aromatic nitrogens is 1. The molecule has 0 radical (unpaired) electrons. The fraction of sp³-hybridized carbons (Fsp3) is 0.0500. The summed E-state index contributed by atoms with van der Waals surface area (Å²) in [5.41, 5.74) is 7.30. The first-order valence-electron chi connectivity index (χ1n) is 7.25. The van der Waals surface area contributed by atoms with Gasteiger partial charge in [0.1, 0.15) is 0 Å². The van der Waals surface area contributed by atoms with Crippen LogP contribution in [0.2, 0.25) is 0 Å². The van der Waals surface area contributed by atoms with E-state index in [2.05, 4.69) is 67.6 Å². The van der Waals surface area contributed by atoms with Crippen molar-refractivity contribution in [1.29, 1.82) is 0 Å². The second-order valence-electron chi connectivity index (χ2n) is 5.79. The van der Waals surface area contributed by atoms with E-state index in [0.29, 0.717) is 0 Å².